The van der Waals surface area contributed by atoms with Crippen LogP contribution in [0.3, 0.4) is 0 Å². The average Bonchev–Trinajstić information content (AvgIpc) is 3.12. The summed E-state index contributed by atoms with van der Waals surface area (Å²) in [4.78, 5) is 16.2. The van der Waals surface area contributed by atoms with Crippen molar-refractivity contribution in [1.29, 1.82) is 0 Å². The average molecular weight is 344 g/mol. The second kappa shape index (κ2) is 8.31. The number of carbonyl (C=O) groups is 1. The lowest BCUT2D eigenvalue weighted by Crippen LogP contribution is -2.46. The second-order valence-corrected chi connectivity index (χ2v) is 7.14. The van der Waals surface area contributed by atoms with Crippen molar-refractivity contribution in [3.8, 4) is 0 Å². The van der Waals surface area contributed by atoms with Crippen molar-refractivity contribution < 1.29 is 9.53 Å². The normalized spacial score (nSPS) is 15.2. The Morgan fingerprint density at radius 3 is 2.75 bits per heavy atom. The van der Waals surface area contributed by atoms with Crippen molar-refractivity contribution in [2.24, 2.45) is 0 Å². The van der Waals surface area contributed by atoms with Crippen LogP contribution in [0.1, 0.15) is 23.3 Å². The molecule has 0 spiro atoms. The Morgan fingerprint density at radius 1 is 1.25 bits per heavy atom. The molecule has 0 unspecified atom stereocenters. The van der Waals surface area contributed by atoms with E-state index in [9.17, 15) is 4.79 Å². The Labute approximate surface area is 147 Å². The maximum absolute atomic E-state index is 12.9. The molecule has 1 aliphatic heterocycles. The predicted octanol–water partition coefficient (Wildman–Crippen LogP) is 4.31. The topological polar surface area (TPSA) is 41.6 Å². The largest absolute Gasteiger partial charge is 0.381 e. The van der Waals surface area contributed by atoms with E-state index >= 15 is 0 Å². The quantitative estimate of drug-likeness (QED) is 0.878. The molecule has 2 aromatic rings. The first kappa shape index (κ1) is 17.0. The molecule has 3 rings (SSSR count). The van der Waals surface area contributed by atoms with E-state index in [0.29, 0.717) is 0 Å². The third kappa shape index (κ3) is 4.36. The Kier molecular flexibility index (Phi) is 5.88. The van der Waals surface area contributed by atoms with Crippen LogP contribution in [-0.2, 0) is 11.2 Å². The van der Waals surface area contributed by atoms with Gasteiger partial charge in [-0.05, 0) is 49.3 Å². The SMILES string of the molecule is Cc1ccccc1NC(=O)N(CCc1cccs1)C1CCOCC1. The van der Waals surface area contributed by atoms with Crippen LogP contribution in [0.2, 0.25) is 0 Å². The molecule has 24 heavy (non-hydrogen) atoms. The van der Waals surface area contributed by atoms with E-state index in [1.54, 1.807) is 11.3 Å². The first-order valence-electron chi connectivity index (χ1n) is 8.47. The summed E-state index contributed by atoms with van der Waals surface area (Å²) >= 11 is 1.75. The number of hydrogen-bond donors (Lipinski definition) is 1. The van der Waals surface area contributed by atoms with Crippen molar-refractivity contribution in [3.05, 3.63) is 52.2 Å². The van der Waals surface area contributed by atoms with Gasteiger partial charge in [0.1, 0.15) is 0 Å². The minimum atomic E-state index is -0.00671. The molecule has 1 fully saturated rings. The number of amides is 2. The standard InChI is InChI=1S/C19H24N2O2S/c1-15-5-2-3-7-18(15)20-19(22)21(16-9-12-23-13-10-16)11-8-17-6-4-14-24-17/h2-7,14,16H,8-13H2,1H3,(H,20,22). The molecule has 0 bridgehead atoms. The number of thiophene rings is 1. The molecule has 5 heteroatoms. The monoisotopic (exact) mass is 344 g/mol. The van der Waals surface area contributed by atoms with Gasteiger partial charge in [-0.1, -0.05) is 24.3 Å². The molecule has 1 saturated heterocycles. The minimum absolute atomic E-state index is 0.00671. The minimum Gasteiger partial charge on any atom is -0.381 e. The van der Waals surface area contributed by atoms with Crippen molar-refractivity contribution in [3.63, 3.8) is 0 Å². The molecule has 1 N–H and O–H groups in total. The fourth-order valence-corrected chi connectivity index (χ4v) is 3.73. The number of rotatable bonds is 5. The number of hydrogen-bond acceptors (Lipinski definition) is 3. The number of nitrogens with zero attached hydrogens (tertiary/aromatic N) is 1. The molecule has 128 valence electrons. The molecular formula is C19H24N2O2S. The molecule has 2 heterocycles. The van der Waals surface area contributed by atoms with Crippen LogP contribution >= 0.6 is 11.3 Å². The van der Waals surface area contributed by atoms with E-state index in [1.807, 2.05) is 36.1 Å². The molecule has 0 atom stereocenters. The van der Waals surface area contributed by atoms with Crippen molar-refractivity contribution >= 4 is 23.1 Å². The molecule has 1 aromatic heterocycles. The van der Waals surface area contributed by atoms with Crippen LogP contribution in [0, 0.1) is 6.92 Å². The van der Waals surface area contributed by atoms with Crippen LogP contribution in [0.4, 0.5) is 10.5 Å². The van der Waals surface area contributed by atoms with Crippen LogP contribution < -0.4 is 5.32 Å². The fraction of sp³-hybridized carbons (Fsp3) is 0.421. The van der Waals surface area contributed by atoms with Crippen molar-refractivity contribution in [2.75, 3.05) is 25.1 Å². The van der Waals surface area contributed by atoms with Gasteiger partial charge in [-0.2, -0.15) is 0 Å². The summed E-state index contributed by atoms with van der Waals surface area (Å²) < 4.78 is 5.46. The molecule has 4 nitrogen and oxygen atoms in total. The number of para-hydroxylation sites is 1. The Bertz CT molecular complexity index is 651. The van der Waals surface area contributed by atoms with Gasteiger partial charge in [-0.25, -0.2) is 4.79 Å². The highest BCUT2D eigenvalue weighted by Gasteiger charge is 2.26. The van der Waals surface area contributed by atoms with E-state index in [1.165, 1.54) is 4.88 Å². The van der Waals surface area contributed by atoms with E-state index in [4.69, 9.17) is 4.74 Å². The molecule has 1 aliphatic rings. The van der Waals surface area contributed by atoms with Gasteiger partial charge in [-0.15, -0.1) is 11.3 Å². The maximum atomic E-state index is 12.9. The third-order valence-corrected chi connectivity index (χ3v) is 5.39. The molecule has 0 aliphatic carbocycles. The lowest BCUT2D eigenvalue weighted by Gasteiger charge is -2.34. The Morgan fingerprint density at radius 2 is 2.04 bits per heavy atom. The summed E-state index contributed by atoms with van der Waals surface area (Å²) in [5.41, 5.74) is 1.96. The van der Waals surface area contributed by atoms with Gasteiger partial charge in [0.05, 0.1) is 0 Å². The van der Waals surface area contributed by atoms with Gasteiger partial charge in [0.2, 0.25) is 0 Å². The number of aryl methyl sites for hydroxylation is 1. The van der Waals surface area contributed by atoms with Gasteiger partial charge >= 0.3 is 6.03 Å². The van der Waals surface area contributed by atoms with Gasteiger partial charge in [-0.3, -0.25) is 0 Å². The maximum Gasteiger partial charge on any atom is 0.322 e. The third-order valence-electron chi connectivity index (χ3n) is 4.46. The molecular weight excluding hydrogens is 320 g/mol. The number of urea groups is 1. The fourth-order valence-electron chi connectivity index (χ4n) is 3.03. The van der Waals surface area contributed by atoms with Gasteiger partial charge in [0, 0.05) is 36.4 Å². The van der Waals surface area contributed by atoms with Gasteiger partial charge in [0.15, 0.2) is 0 Å². The van der Waals surface area contributed by atoms with Gasteiger partial charge in [0.25, 0.3) is 0 Å². The summed E-state index contributed by atoms with van der Waals surface area (Å²) in [6.07, 6.45) is 2.72. The Hall–Kier alpha value is -1.85. The van der Waals surface area contributed by atoms with Crippen LogP contribution in [0.5, 0.6) is 0 Å². The van der Waals surface area contributed by atoms with E-state index in [2.05, 4.69) is 22.8 Å². The number of nitrogens with one attached hydrogen (secondary N) is 1. The highest BCUT2D eigenvalue weighted by molar-refractivity contribution is 7.09. The summed E-state index contributed by atoms with van der Waals surface area (Å²) in [5.74, 6) is 0. The van der Waals surface area contributed by atoms with E-state index in [0.717, 1.165) is 50.3 Å². The molecule has 0 saturated carbocycles. The molecule has 2 amide bonds. The second-order valence-electron chi connectivity index (χ2n) is 6.11. The molecule has 1 aromatic carbocycles. The first-order chi connectivity index (χ1) is 11.7. The summed E-state index contributed by atoms with van der Waals surface area (Å²) in [6.45, 7) is 4.22. The zero-order valence-electron chi connectivity index (χ0n) is 14.0. The van der Waals surface area contributed by atoms with Crippen molar-refractivity contribution in [2.45, 2.75) is 32.2 Å². The first-order valence-corrected chi connectivity index (χ1v) is 9.35. The van der Waals surface area contributed by atoms with Crippen LogP contribution in [-0.4, -0.2) is 36.7 Å². The van der Waals surface area contributed by atoms with Gasteiger partial charge < -0.3 is 15.0 Å². The lowest BCUT2D eigenvalue weighted by molar-refractivity contribution is 0.0483. The smallest absolute Gasteiger partial charge is 0.322 e. The van der Waals surface area contributed by atoms with E-state index < -0.39 is 0 Å². The summed E-state index contributed by atoms with van der Waals surface area (Å²) in [6, 6.07) is 12.3. The Balaban J connectivity index is 1.69. The highest BCUT2D eigenvalue weighted by Crippen LogP contribution is 2.20. The van der Waals surface area contributed by atoms with E-state index in [-0.39, 0.29) is 12.1 Å². The zero-order valence-corrected chi connectivity index (χ0v) is 14.8. The molecule has 0 radical (unpaired) electrons. The predicted molar refractivity (Wildman–Crippen MR) is 98.8 cm³/mol. The van der Waals surface area contributed by atoms with Crippen LogP contribution in [0.25, 0.3) is 0 Å². The van der Waals surface area contributed by atoms with Crippen molar-refractivity contribution in [1.82, 2.24) is 4.90 Å². The lowest BCUT2D eigenvalue weighted by atomic mass is 10.1. The number of carbonyl (C=O) groups excluding carboxylic acids is 1. The number of ether oxygens (including phenoxy) is 1. The highest BCUT2D eigenvalue weighted by atomic mass is 32.1. The summed E-state index contributed by atoms with van der Waals surface area (Å²) in [5, 5.41) is 5.17. The summed E-state index contributed by atoms with van der Waals surface area (Å²) in [7, 11) is 0. The zero-order chi connectivity index (χ0) is 16.8. The number of benzene rings is 1. The van der Waals surface area contributed by atoms with Crippen LogP contribution in [0.15, 0.2) is 41.8 Å². The number of anilines is 1.